The summed E-state index contributed by atoms with van der Waals surface area (Å²) in [7, 11) is 0. The van der Waals surface area contributed by atoms with Crippen LogP contribution in [0.2, 0.25) is 0 Å². The molecule has 0 N–H and O–H groups in total. The first-order valence-corrected chi connectivity index (χ1v) is 7.49. The minimum Gasteiger partial charge on any atom is -0.238 e. The van der Waals surface area contributed by atoms with Gasteiger partial charge in [0.1, 0.15) is 0 Å². The molecule has 0 unspecified atom stereocenters. The average molecular weight is 289 g/mol. The van der Waals surface area contributed by atoms with Gasteiger partial charge in [0.15, 0.2) is 4.34 Å². The first kappa shape index (κ1) is 12.3. The molecule has 0 saturated carbocycles. The summed E-state index contributed by atoms with van der Waals surface area (Å²) in [6.45, 7) is 0.732. The third-order valence-corrected chi connectivity index (χ3v) is 4.20. The maximum Gasteiger partial charge on any atom is 0.238 e. The lowest BCUT2D eigenvalue weighted by atomic mass is 10.2. The third-order valence-electron chi connectivity index (χ3n) is 2.47. The molecule has 0 fully saturated rings. The Bertz CT molecular complexity index is 621. The molecule has 0 bridgehead atoms. The maximum atomic E-state index is 4.32. The van der Waals surface area contributed by atoms with Crippen molar-refractivity contribution in [2.24, 2.45) is 0 Å². The average Bonchev–Trinajstić information content (AvgIpc) is 3.10. The van der Waals surface area contributed by atoms with E-state index in [1.54, 1.807) is 22.3 Å². The molecule has 0 amide bonds. The van der Waals surface area contributed by atoms with E-state index in [0.717, 1.165) is 17.3 Å². The van der Waals surface area contributed by atoms with Gasteiger partial charge in [-0.25, -0.2) is 4.98 Å². The summed E-state index contributed by atoms with van der Waals surface area (Å²) < 4.78 is 0.933. The zero-order chi connectivity index (χ0) is 12.9. The van der Waals surface area contributed by atoms with E-state index in [2.05, 4.69) is 32.5 Å². The quantitative estimate of drug-likeness (QED) is 0.722. The highest BCUT2D eigenvalue weighted by Gasteiger charge is 2.06. The summed E-state index contributed by atoms with van der Waals surface area (Å²) in [6.07, 6.45) is 2.67. The van der Waals surface area contributed by atoms with Gasteiger partial charge in [0, 0.05) is 11.6 Å². The monoisotopic (exact) mass is 289 g/mol. The summed E-state index contributed by atoms with van der Waals surface area (Å²) in [5.74, 6) is 0. The summed E-state index contributed by atoms with van der Waals surface area (Å²) in [4.78, 5) is 5.81. The predicted molar refractivity (Wildman–Crippen MR) is 74.2 cm³/mol. The Morgan fingerprint density at radius 3 is 2.89 bits per heavy atom. The predicted octanol–water partition coefficient (Wildman–Crippen LogP) is 2.52. The maximum absolute atomic E-state index is 4.32. The van der Waals surface area contributed by atoms with Crippen molar-refractivity contribution in [1.82, 2.24) is 25.2 Å². The Hall–Kier alpha value is -1.73. The van der Waals surface area contributed by atoms with E-state index in [1.165, 1.54) is 17.3 Å². The lowest BCUT2D eigenvalue weighted by molar-refractivity contribution is 0.519. The molecule has 0 saturated heterocycles. The second-order valence-electron chi connectivity index (χ2n) is 3.80. The van der Waals surface area contributed by atoms with E-state index >= 15 is 0 Å². The van der Waals surface area contributed by atoms with E-state index in [4.69, 9.17) is 0 Å². The van der Waals surface area contributed by atoms with E-state index in [9.17, 15) is 0 Å². The van der Waals surface area contributed by atoms with Gasteiger partial charge in [-0.15, -0.1) is 21.5 Å². The van der Waals surface area contributed by atoms with E-state index in [-0.39, 0.29) is 0 Å². The van der Waals surface area contributed by atoms with Crippen LogP contribution in [0.3, 0.4) is 0 Å². The molecule has 0 atom stereocenters. The molecule has 5 nitrogen and oxygen atoms in total. The Morgan fingerprint density at radius 2 is 2.11 bits per heavy atom. The highest BCUT2D eigenvalue weighted by molar-refractivity contribution is 8.00. The van der Waals surface area contributed by atoms with Gasteiger partial charge in [-0.05, 0) is 29.0 Å². The van der Waals surface area contributed by atoms with Gasteiger partial charge in [-0.1, -0.05) is 30.3 Å². The van der Waals surface area contributed by atoms with Crippen LogP contribution < -0.4 is 0 Å². The summed E-state index contributed by atoms with van der Waals surface area (Å²) >= 11 is 3.01. The van der Waals surface area contributed by atoms with Crippen molar-refractivity contribution < 1.29 is 0 Å². The van der Waals surface area contributed by atoms with Crippen LogP contribution in [-0.4, -0.2) is 25.2 Å². The lowest BCUT2D eigenvalue weighted by Crippen LogP contribution is -2.05. The van der Waals surface area contributed by atoms with Crippen molar-refractivity contribution in [2.75, 3.05) is 0 Å². The highest BCUT2D eigenvalue weighted by Crippen LogP contribution is 2.25. The number of benzene rings is 1. The van der Waals surface area contributed by atoms with Crippen LogP contribution in [0, 0.1) is 0 Å². The van der Waals surface area contributed by atoms with Crippen LogP contribution in [-0.2, 0) is 13.0 Å². The summed E-state index contributed by atoms with van der Waals surface area (Å²) in [6, 6.07) is 10.3. The van der Waals surface area contributed by atoms with Crippen LogP contribution in [0.15, 0.2) is 51.4 Å². The van der Waals surface area contributed by atoms with Gasteiger partial charge < -0.3 is 0 Å². The molecule has 2 aromatic heterocycles. The largest absolute Gasteiger partial charge is 0.238 e. The van der Waals surface area contributed by atoms with Crippen molar-refractivity contribution >= 4 is 23.1 Å². The zero-order valence-electron chi connectivity index (χ0n) is 10.0. The first-order valence-electron chi connectivity index (χ1n) is 5.79. The Morgan fingerprint density at radius 1 is 1.21 bits per heavy atom. The Kier molecular flexibility index (Phi) is 3.85. The molecule has 0 aliphatic rings. The summed E-state index contributed by atoms with van der Waals surface area (Å²) in [5.41, 5.74) is 1.27. The topological polar surface area (TPSA) is 56.5 Å². The molecule has 0 aliphatic heterocycles. The van der Waals surface area contributed by atoms with Crippen LogP contribution >= 0.6 is 23.1 Å². The number of rotatable bonds is 5. The van der Waals surface area contributed by atoms with Crippen molar-refractivity contribution in [3.8, 4) is 0 Å². The van der Waals surface area contributed by atoms with E-state index in [0.29, 0.717) is 5.16 Å². The highest BCUT2D eigenvalue weighted by atomic mass is 32.2. The number of nitrogens with zero attached hydrogens (tertiary/aromatic N) is 5. The molecule has 0 radical (unpaired) electrons. The number of hydrogen-bond donors (Lipinski definition) is 0. The normalized spacial score (nSPS) is 10.7. The molecule has 3 rings (SSSR count). The molecule has 3 aromatic rings. The second kappa shape index (κ2) is 5.94. The van der Waals surface area contributed by atoms with Crippen molar-refractivity contribution in [2.45, 2.75) is 22.5 Å². The molecule has 0 spiro atoms. The molecule has 96 valence electrons. The second-order valence-corrected chi connectivity index (χ2v) is 5.91. The molecular formula is C12H11N5S2. The van der Waals surface area contributed by atoms with Crippen LogP contribution in [0.5, 0.6) is 0 Å². The van der Waals surface area contributed by atoms with Crippen LogP contribution in [0.1, 0.15) is 5.56 Å². The minimum absolute atomic E-state index is 0.642. The number of aromatic nitrogens is 5. The van der Waals surface area contributed by atoms with Gasteiger partial charge in [0.2, 0.25) is 5.16 Å². The van der Waals surface area contributed by atoms with Gasteiger partial charge in [0.05, 0.1) is 6.54 Å². The molecular weight excluding hydrogens is 278 g/mol. The number of hydrogen-bond acceptors (Lipinski definition) is 6. The first-order chi connectivity index (χ1) is 9.40. The molecule has 2 heterocycles. The number of aryl methyl sites for hydroxylation is 2. The molecule has 7 heteroatoms. The third kappa shape index (κ3) is 3.39. The van der Waals surface area contributed by atoms with Gasteiger partial charge in [0.25, 0.3) is 0 Å². The van der Waals surface area contributed by atoms with Crippen molar-refractivity contribution in [3.05, 3.63) is 47.5 Å². The lowest BCUT2D eigenvalue weighted by Gasteiger charge is -1.98. The van der Waals surface area contributed by atoms with Gasteiger partial charge >= 0.3 is 0 Å². The fraction of sp³-hybridized carbons (Fsp3) is 0.167. The number of tetrazole rings is 1. The Balaban J connectivity index is 1.59. The van der Waals surface area contributed by atoms with Crippen LogP contribution in [0.25, 0.3) is 0 Å². The smallest absolute Gasteiger partial charge is 0.238 e. The molecule has 19 heavy (non-hydrogen) atoms. The van der Waals surface area contributed by atoms with Gasteiger partial charge in [-0.3, -0.25) is 0 Å². The zero-order valence-corrected chi connectivity index (χ0v) is 11.6. The fourth-order valence-electron chi connectivity index (χ4n) is 1.58. The van der Waals surface area contributed by atoms with Gasteiger partial charge in [-0.2, -0.15) is 4.80 Å². The van der Waals surface area contributed by atoms with E-state index < -0.39 is 0 Å². The standard InChI is InChI=1S/C12H11N5S2/c1-2-4-10(5-3-1)6-8-17-15-11(14-16-17)19-12-13-7-9-18-12/h1-5,7,9H,6,8H2. The van der Waals surface area contributed by atoms with E-state index in [1.807, 2.05) is 23.6 Å². The SMILES string of the molecule is c1ccc(CCn2nnc(Sc3nccs3)n2)cc1. The molecule has 0 aliphatic carbocycles. The van der Waals surface area contributed by atoms with Crippen molar-refractivity contribution in [3.63, 3.8) is 0 Å². The molecule has 1 aromatic carbocycles. The van der Waals surface area contributed by atoms with Crippen molar-refractivity contribution in [1.29, 1.82) is 0 Å². The van der Waals surface area contributed by atoms with Crippen LogP contribution in [0.4, 0.5) is 0 Å². The number of thiazole rings is 1. The fourth-order valence-corrected chi connectivity index (χ4v) is 3.00. The minimum atomic E-state index is 0.642. The Labute approximate surface area is 118 Å². The summed E-state index contributed by atoms with van der Waals surface area (Å²) in [5, 5.41) is 15.0.